The molecule has 0 saturated carbocycles. The lowest BCUT2D eigenvalue weighted by atomic mass is 10.2. The predicted molar refractivity (Wildman–Crippen MR) is 75.6 cm³/mol. The summed E-state index contributed by atoms with van der Waals surface area (Å²) in [4.78, 5) is 12.7. The molecule has 1 aromatic heterocycles. The molecule has 0 radical (unpaired) electrons. The smallest absolute Gasteiger partial charge is 0.383 e. The van der Waals surface area contributed by atoms with Gasteiger partial charge in [-0.15, -0.1) is 0 Å². The monoisotopic (exact) mass is 322 g/mol. The van der Waals surface area contributed by atoms with E-state index in [2.05, 4.69) is 10.4 Å². The van der Waals surface area contributed by atoms with Gasteiger partial charge < -0.3 is 15.0 Å². The molecule has 1 heterocycles. The van der Waals surface area contributed by atoms with Crippen LogP contribution in [0.3, 0.4) is 0 Å². The molecule has 9 heteroatoms. The van der Waals surface area contributed by atoms with Gasteiger partial charge in [0.15, 0.2) is 0 Å². The lowest BCUT2D eigenvalue weighted by Gasteiger charge is -2.25. The standard InChI is InChI=1S/C13H21F3N4O2/c1-10(2)7-19(9-13(14,15)16)12(21)18-11-6-17-20(8-11)4-5-22-3/h6,8,10H,4-5,7,9H2,1-3H3,(H,18,21). The minimum atomic E-state index is -4.44. The number of urea groups is 1. The Morgan fingerprint density at radius 1 is 1.50 bits per heavy atom. The second-order valence-electron chi connectivity index (χ2n) is 5.30. The molecule has 0 aromatic carbocycles. The lowest BCUT2D eigenvalue weighted by Crippen LogP contribution is -2.43. The van der Waals surface area contributed by atoms with E-state index in [1.54, 1.807) is 21.0 Å². The molecule has 0 aliphatic rings. The lowest BCUT2D eigenvalue weighted by molar-refractivity contribution is -0.140. The van der Waals surface area contributed by atoms with Crippen LogP contribution in [-0.2, 0) is 11.3 Å². The second-order valence-corrected chi connectivity index (χ2v) is 5.30. The molecule has 0 aliphatic heterocycles. The number of carbonyl (C=O) groups is 1. The highest BCUT2D eigenvalue weighted by Crippen LogP contribution is 2.18. The Morgan fingerprint density at radius 2 is 2.18 bits per heavy atom. The zero-order valence-corrected chi connectivity index (χ0v) is 12.9. The molecule has 1 aromatic rings. The molecule has 0 spiro atoms. The summed E-state index contributed by atoms with van der Waals surface area (Å²) in [5, 5.41) is 6.41. The molecular weight excluding hydrogens is 301 g/mol. The highest BCUT2D eigenvalue weighted by atomic mass is 19.4. The van der Waals surface area contributed by atoms with Gasteiger partial charge in [-0.2, -0.15) is 18.3 Å². The number of anilines is 1. The maximum absolute atomic E-state index is 12.5. The molecule has 0 fully saturated rings. The predicted octanol–water partition coefficient (Wildman–Crippen LogP) is 2.58. The molecule has 2 amide bonds. The Morgan fingerprint density at radius 3 is 2.73 bits per heavy atom. The van der Waals surface area contributed by atoms with Crippen LogP contribution in [0.25, 0.3) is 0 Å². The van der Waals surface area contributed by atoms with E-state index in [-0.39, 0.29) is 12.5 Å². The van der Waals surface area contributed by atoms with Gasteiger partial charge in [-0.1, -0.05) is 13.8 Å². The van der Waals surface area contributed by atoms with E-state index in [1.165, 1.54) is 17.1 Å². The Labute approximate surface area is 127 Å². The van der Waals surface area contributed by atoms with Crippen LogP contribution in [0.5, 0.6) is 0 Å². The molecule has 6 nitrogen and oxygen atoms in total. The fraction of sp³-hybridized carbons (Fsp3) is 0.692. The first-order chi connectivity index (χ1) is 10.2. The Bertz CT molecular complexity index is 474. The van der Waals surface area contributed by atoms with Gasteiger partial charge in [0.05, 0.1) is 25.0 Å². The third kappa shape index (κ3) is 6.79. The number of nitrogens with one attached hydrogen (secondary N) is 1. The average molecular weight is 322 g/mol. The first-order valence-corrected chi connectivity index (χ1v) is 6.85. The van der Waals surface area contributed by atoms with Crippen LogP contribution in [-0.4, -0.2) is 53.7 Å². The molecule has 0 bridgehead atoms. The first kappa shape index (κ1) is 18.3. The number of halogens is 3. The zero-order valence-electron chi connectivity index (χ0n) is 12.9. The first-order valence-electron chi connectivity index (χ1n) is 6.85. The average Bonchev–Trinajstić information content (AvgIpc) is 2.81. The number of alkyl halides is 3. The summed E-state index contributed by atoms with van der Waals surface area (Å²) in [5.41, 5.74) is 0.344. The topological polar surface area (TPSA) is 59.4 Å². The summed E-state index contributed by atoms with van der Waals surface area (Å²) in [5.74, 6) is -0.0717. The highest BCUT2D eigenvalue weighted by Gasteiger charge is 2.33. The Balaban J connectivity index is 2.67. The van der Waals surface area contributed by atoms with E-state index in [1.807, 2.05) is 0 Å². The van der Waals surface area contributed by atoms with Crippen LogP contribution in [0.4, 0.5) is 23.7 Å². The van der Waals surface area contributed by atoms with Crippen molar-refractivity contribution in [2.75, 3.05) is 32.1 Å². The number of rotatable bonds is 7. The summed E-state index contributed by atoms with van der Waals surface area (Å²) in [7, 11) is 1.55. The number of carbonyl (C=O) groups excluding carboxylic acids is 1. The van der Waals surface area contributed by atoms with Gasteiger partial charge in [0.25, 0.3) is 0 Å². The molecule has 0 saturated heterocycles. The Kier molecular flexibility index (Phi) is 6.66. The maximum Gasteiger partial charge on any atom is 0.406 e. The summed E-state index contributed by atoms with van der Waals surface area (Å²) in [6, 6.07) is -0.794. The van der Waals surface area contributed by atoms with Crippen molar-refractivity contribution in [3.05, 3.63) is 12.4 Å². The van der Waals surface area contributed by atoms with E-state index < -0.39 is 18.8 Å². The van der Waals surface area contributed by atoms with Crippen molar-refractivity contribution in [3.8, 4) is 0 Å². The van der Waals surface area contributed by atoms with Gasteiger partial charge in [0, 0.05) is 19.9 Å². The molecule has 0 atom stereocenters. The van der Waals surface area contributed by atoms with Crippen molar-refractivity contribution in [2.45, 2.75) is 26.6 Å². The van der Waals surface area contributed by atoms with Crippen molar-refractivity contribution < 1.29 is 22.7 Å². The van der Waals surface area contributed by atoms with Crippen LogP contribution in [0.15, 0.2) is 12.4 Å². The Hall–Kier alpha value is -1.77. The summed E-state index contributed by atoms with van der Waals surface area (Å²) < 4.78 is 44.1. The fourth-order valence-corrected chi connectivity index (χ4v) is 1.81. The number of amides is 2. The van der Waals surface area contributed by atoms with E-state index in [9.17, 15) is 18.0 Å². The minimum Gasteiger partial charge on any atom is -0.383 e. The fourth-order valence-electron chi connectivity index (χ4n) is 1.81. The van der Waals surface area contributed by atoms with E-state index in [0.29, 0.717) is 18.8 Å². The molecule has 0 aliphatic carbocycles. The normalized spacial score (nSPS) is 11.8. The molecular formula is C13H21F3N4O2. The van der Waals surface area contributed by atoms with Gasteiger partial charge in [-0.05, 0) is 5.92 Å². The van der Waals surface area contributed by atoms with Gasteiger partial charge >= 0.3 is 12.2 Å². The van der Waals surface area contributed by atoms with Crippen molar-refractivity contribution in [2.24, 2.45) is 5.92 Å². The summed E-state index contributed by atoms with van der Waals surface area (Å²) in [6.07, 6.45) is -1.51. The third-order valence-electron chi connectivity index (χ3n) is 2.65. The number of nitrogens with zero attached hydrogens (tertiary/aromatic N) is 3. The van der Waals surface area contributed by atoms with Gasteiger partial charge in [0.1, 0.15) is 6.54 Å². The van der Waals surface area contributed by atoms with Crippen molar-refractivity contribution in [1.29, 1.82) is 0 Å². The number of methoxy groups -OCH3 is 1. The number of ether oxygens (including phenoxy) is 1. The zero-order chi connectivity index (χ0) is 16.8. The van der Waals surface area contributed by atoms with Crippen molar-refractivity contribution >= 4 is 11.7 Å². The van der Waals surface area contributed by atoms with Crippen LogP contribution in [0.2, 0.25) is 0 Å². The van der Waals surface area contributed by atoms with Crippen LogP contribution in [0.1, 0.15) is 13.8 Å². The third-order valence-corrected chi connectivity index (χ3v) is 2.65. The molecule has 22 heavy (non-hydrogen) atoms. The quantitative estimate of drug-likeness (QED) is 0.839. The molecule has 0 unspecified atom stereocenters. The minimum absolute atomic E-state index is 0.0170. The van der Waals surface area contributed by atoms with Crippen molar-refractivity contribution in [3.63, 3.8) is 0 Å². The van der Waals surface area contributed by atoms with E-state index in [0.717, 1.165) is 4.90 Å². The van der Waals surface area contributed by atoms with Crippen molar-refractivity contribution in [1.82, 2.24) is 14.7 Å². The summed E-state index contributed by atoms with van der Waals surface area (Å²) >= 11 is 0. The largest absolute Gasteiger partial charge is 0.406 e. The highest BCUT2D eigenvalue weighted by molar-refractivity contribution is 5.89. The van der Waals surface area contributed by atoms with Crippen LogP contribution < -0.4 is 5.32 Å². The number of hydrogen-bond acceptors (Lipinski definition) is 3. The molecule has 126 valence electrons. The summed E-state index contributed by atoms with van der Waals surface area (Å²) in [6.45, 7) is 3.17. The second kappa shape index (κ2) is 8.02. The van der Waals surface area contributed by atoms with E-state index in [4.69, 9.17) is 4.74 Å². The van der Waals surface area contributed by atoms with Crippen LogP contribution in [0, 0.1) is 5.92 Å². The van der Waals surface area contributed by atoms with Gasteiger partial charge in [-0.3, -0.25) is 4.68 Å². The van der Waals surface area contributed by atoms with Gasteiger partial charge in [-0.25, -0.2) is 4.79 Å². The number of hydrogen-bond donors (Lipinski definition) is 1. The number of aromatic nitrogens is 2. The SMILES string of the molecule is COCCn1cc(NC(=O)N(CC(C)C)CC(F)(F)F)cn1. The van der Waals surface area contributed by atoms with E-state index >= 15 is 0 Å². The molecule has 1 rings (SSSR count). The maximum atomic E-state index is 12.5. The van der Waals surface area contributed by atoms with Crippen LogP contribution >= 0.6 is 0 Å². The molecule has 1 N–H and O–H groups in total. The van der Waals surface area contributed by atoms with Gasteiger partial charge in [0.2, 0.25) is 0 Å².